The van der Waals surface area contributed by atoms with Crippen molar-refractivity contribution in [2.24, 2.45) is 7.05 Å². The van der Waals surface area contributed by atoms with Gasteiger partial charge >= 0.3 is 5.69 Å². The SMILES string of the molecule is CC(C)n1c(C2CCN(C(=O)Cc3ccccc3)CC2)nn(C)c1=O. The number of amides is 1. The van der Waals surface area contributed by atoms with Crippen LogP contribution in [0.25, 0.3) is 0 Å². The van der Waals surface area contributed by atoms with Gasteiger partial charge in [-0.3, -0.25) is 9.36 Å². The molecule has 1 aromatic heterocycles. The lowest BCUT2D eigenvalue weighted by Crippen LogP contribution is -2.39. The van der Waals surface area contributed by atoms with E-state index in [-0.39, 0.29) is 23.6 Å². The van der Waals surface area contributed by atoms with Gasteiger partial charge in [0.1, 0.15) is 5.82 Å². The topological polar surface area (TPSA) is 60.1 Å². The van der Waals surface area contributed by atoms with E-state index in [1.165, 1.54) is 4.68 Å². The Bertz CT molecular complexity index is 784. The lowest BCUT2D eigenvalue weighted by atomic mass is 9.95. The largest absolute Gasteiger partial charge is 0.345 e. The van der Waals surface area contributed by atoms with E-state index in [1.54, 1.807) is 11.6 Å². The number of hydrogen-bond donors (Lipinski definition) is 0. The Labute approximate surface area is 148 Å². The van der Waals surface area contributed by atoms with Crippen LogP contribution in [0.4, 0.5) is 0 Å². The van der Waals surface area contributed by atoms with Crippen molar-refractivity contribution >= 4 is 5.91 Å². The lowest BCUT2D eigenvalue weighted by Gasteiger charge is -2.32. The van der Waals surface area contributed by atoms with Crippen molar-refractivity contribution in [3.8, 4) is 0 Å². The Hall–Kier alpha value is -2.37. The minimum atomic E-state index is -0.0624. The predicted octanol–water partition coefficient (Wildman–Crippen LogP) is 2.11. The predicted molar refractivity (Wildman–Crippen MR) is 96.6 cm³/mol. The summed E-state index contributed by atoms with van der Waals surface area (Å²) in [6, 6.07) is 9.94. The quantitative estimate of drug-likeness (QED) is 0.855. The van der Waals surface area contributed by atoms with Crippen LogP contribution in [0.5, 0.6) is 0 Å². The number of likely N-dealkylation sites (tertiary alicyclic amines) is 1. The van der Waals surface area contributed by atoms with Crippen LogP contribution in [-0.4, -0.2) is 38.2 Å². The Balaban J connectivity index is 1.65. The van der Waals surface area contributed by atoms with Crippen LogP contribution in [0.3, 0.4) is 0 Å². The average molecular weight is 342 g/mol. The van der Waals surface area contributed by atoms with Gasteiger partial charge in [0.05, 0.1) is 6.42 Å². The summed E-state index contributed by atoms with van der Waals surface area (Å²) in [6.45, 7) is 5.45. The molecule has 1 amide bonds. The fraction of sp³-hybridized carbons (Fsp3) is 0.526. The zero-order valence-electron chi connectivity index (χ0n) is 15.2. The van der Waals surface area contributed by atoms with Crippen molar-refractivity contribution < 1.29 is 4.79 Å². The fourth-order valence-corrected chi connectivity index (χ4v) is 3.53. The van der Waals surface area contributed by atoms with Crippen LogP contribution in [0.2, 0.25) is 0 Å². The highest BCUT2D eigenvalue weighted by atomic mass is 16.2. The van der Waals surface area contributed by atoms with E-state index in [4.69, 9.17) is 0 Å². The van der Waals surface area contributed by atoms with Gasteiger partial charge in [0.25, 0.3) is 0 Å². The highest BCUT2D eigenvalue weighted by Gasteiger charge is 2.28. The van der Waals surface area contributed by atoms with Crippen LogP contribution < -0.4 is 5.69 Å². The summed E-state index contributed by atoms with van der Waals surface area (Å²) in [5.41, 5.74) is 0.987. The van der Waals surface area contributed by atoms with Gasteiger partial charge in [-0.2, -0.15) is 5.10 Å². The summed E-state index contributed by atoms with van der Waals surface area (Å²) in [6.07, 6.45) is 2.15. The van der Waals surface area contributed by atoms with Crippen LogP contribution in [0, 0.1) is 0 Å². The van der Waals surface area contributed by atoms with Crippen molar-refractivity contribution in [1.82, 2.24) is 19.2 Å². The molecular weight excluding hydrogens is 316 g/mol. The Morgan fingerprint density at radius 3 is 2.44 bits per heavy atom. The highest BCUT2D eigenvalue weighted by Crippen LogP contribution is 2.27. The first-order valence-electron chi connectivity index (χ1n) is 8.94. The van der Waals surface area contributed by atoms with E-state index in [9.17, 15) is 9.59 Å². The molecule has 6 heteroatoms. The first-order valence-corrected chi connectivity index (χ1v) is 8.94. The summed E-state index contributed by atoms with van der Waals surface area (Å²) in [5.74, 6) is 1.27. The summed E-state index contributed by atoms with van der Waals surface area (Å²) in [5, 5.41) is 4.46. The number of piperidine rings is 1. The van der Waals surface area contributed by atoms with Crippen molar-refractivity contribution in [1.29, 1.82) is 0 Å². The van der Waals surface area contributed by atoms with E-state index in [0.29, 0.717) is 6.42 Å². The molecule has 0 aliphatic carbocycles. The molecule has 134 valence electrons. The zero-order valence-corrected chi connectivity index (χ0v) is 15.2. The second kappa shape index (κ2) is 7.25. The maximum absolute atomic E-state index is 12.5. The third kappa shape index (κ3) is 3.67. The number of carbonyl (C=O) groups is 1. The minimum Gasteiger partial charge on any atom is -0.342 e. The molecule has 0 spiro atoms. The van der Waals surface area contributed by atoms with Crippen molar-refractivity contribution in [2.45, 2.75) is 45.1 Å². The molecular formula is C19H26N4O2. The molecule has 25 heavy (non-hydrogen) atoms. The lowest BCUT2D eigenvalue weighted by molar-refractivity contribution is -0.131. The molecule has 2 heterocycles. The summed E-state index contributed by atoms with van der Waals surface area (Å²) in [7, 11) is 1.70. The monoisotopic (exact) mass is 342 g/mol. The average Bonchev–Trinajstić information content (AvgIpc) is 2.91. The molecule has 1 saturated heterocycles. The van der Waals surface area contributed by atoms with E-state index in [0.717, 1.165) is 37.3 Å². The normalized spacial score (nSPS) is 15.8. The van der Waals surface area contributed by atoms with Gasteiger partial charge in [-0.05, 0) is 32.3 Å². The smallest absolute Gasteiger partial charge is 0.342 e. The van der Waals surface area contributed by atoms with Gasteiger partial charge in [0.15, 0.2) is 0 Å². The van der Waals surface area contributed by atoms with Crippen LogP contribution >= 0.6 is 0 Å². The molecule has 0 unspecified atom stereocenters. The molecule has 0 radical (unpaired) electrons. The standard InChI is InChI=1S/C19H26N4O2/c1-14(2)23-18(20-21(3)19(23)25)16-9-11-22(12-10-16)17(24)13-15-7-5-4-6-8-15/h4-8,14,16H,9-13H2,1-3H3. The summed E-state index contributed by atoms with van der Waals surface area (Å²) in [4.78, 5) is 26.7. The number of hydrogen-bond acceptors (Lipinski definition) is 3. The molecule has 1 aromatic carbocycles. The third-order valence-electron chi connectivity index (χ3n) is 4.91. The van der Waals surface area contributed by atoms with E-state index in [2.05, 4.69) is 5.10 Å². The molecule has 2 aromatic rings. The third-order valence-corrected chi connectivity index (χ3v) is 4.91. The second-order valence-corrected chi connectivity index (χ2v) is 7.05. The van der Waals surface area contributed by atoms with Gasteiger partial charge in [-0.15, -0.1) is 0 Å². The summed E-state index contributed by atoms with van der Waals surface area (Å²) < 4.78 is 3.20. The molecule has 0 bridgehead atoms. The van der Waals surface area contributed by atoms with E-state index < -0.39 is 0 Å². The maximum atomic E-state index is 12.5. The number of rotatable bonds is 4. The Morgan fingerprint density at radius 1 is 1.20 bits per heavy atom. The number of carbonyl (C=O) groups excluding carboxylic acids is 1. The minimum absolute atomic E-state index is 0.0624. The first-order chi connectivity index (χ1) is 12.0. The van der Waals surface area contributed by atoms with Gasteiger partial charge in [-0.1, -0.05) is 30.3 Å². The zero-order chi connectivity index (χ0) is 18.0. The number of aryl methyl sites for hydroxylation is 1. The van der Waals surface area contributed by atoms with Gasteiger partial charge < -0.3 is 4.90 Å². The molecule has 3 rings (SSSR count). The maximum Gasteiger partial charge on any atom is 0.345 e. The summed E-state index contributed by atoms with van der Waals surface area (Å²) >= 11 is 0. The number of aromatic nitrogens is 3. The molecule has 0 saturated carbocycles. The van der Waals surface area contributed by atoms with Gasteiger partial charge in [0.2, 0.25) is 5.91 Å². The number of benzene rings is 1. The molecule has 0 N–H and O–H groups in total. The highest BCUT2D eigenvalue weighted by molar-refractivity contribution is 5.78. The second-order valence-electron chi connectivity index (χ2n) is 7.05. The number of nitrogens with zero attached hydrogens (tertiary/aromatic N) is 4. The van der Waals surface area contributed by atoms with E-state index in [1.807, 2.05) is 49.1 Å². The molecule has 1 aliphatic heterocycles. The van der Waals surface area contributed by atoms with Crippen LogP contribution in [0.1, 0.15) is 50.0 Å². The van der Waals surface area contributed by atoms with Gasteiger partial charge in [-0.25, -0.2) is 9.48 Å². The molecule has 1 aliphatic rings. The van der Waals surface area contributed by atoms with Crippen molar-refractivity contribution in [2.75, 3.05) is 13.1 Å². The van der Waals surface area contributed by atoms with Crippen molar-refractivity contribution in [3.05, 3.63) is 52.2 Å². The van der Waals surface area contributed by atoms with Gasteiger partial charge in [0, 0.05) is 32.1 Å². The molecule has 0 atom stereocenters. The fourth-order valence-electron chi connectivity index (χ4n) is 3.53. The Morgan fingerprint density at radius 2 is 1.84 bits per heavy atom. The van der Waals surface area contributed by atoms with Crippen LogP contribution in [0.15, 0.2) is 35.1 Å². The molecule has 6 nitrogen and oxygen atoms in total. The molecule has 1 fully saturated rings. The van der Waals surface area contributed by atoms with Crippen LogP contribution in [-0.2, 0) is 18.3 Å². The first kappa shape index (κ1) is 17.5. The Kier molecular flexibility index (Phi) is 5.06. The van der Waals surface area contributed by atoms with Crippen molar-refractivity contribution in [3.63, 3.8) is 0 Å². The van der Waals surface area contributed by atoms with E-state index >= 15 is 0 Å².